The molecule has 0 bridgehead atoms. The number of hydrazine groups is 1. The fourth-order valence-electron chi connectivity index (χ4n) is 1.61. The monoisotopic (exact) mass is 311 g/mol. The zero-order chi connectivity index (χ0) is 15.4. The molecule has 0 fully saturated rings. The number of rotatable bonds is 6. The SMILES string of the molecule is CCCN(CC(F)(F)F)S(=O)(=O)c1ccc(NN)cc1. The molecule has 1 aromatic carbocycles. The summed E-state index contributed by atoms with van der Waals surface area (Å²) in [4.78, 5) is -0.200. The molecular weight excluding hydrogens is 295 g/mol. The predicted octanol–water partition coefficient (Wildman–Crippen LogP) is 1.94. The van der Waals surface area contributed by atoms with Gasteiger partial charge in [-0.2, -0.15) is 17.5 Å². The Kier molecular flexibility index (Phi) is 5.37. The number of nitrogens with two attached hydrogens (primary N) is 1. The molecule has 1 rings (SSSR count). The van der Waals surface area contributed by atoms with Crippen molar-refractivity contribution in [2.45, 2.75) is 24.4 Å². The maximum atomic E-state index is 12.5. The molecule has 0 unspecified atom stereocenters. The van der Waals surface area contributed by atoms with E-state index in [1.54, 1.807) is 6.92 Å². The number of halogens is 3. The lowest BCUT2D eigenvalue weighted by Crippen LogP contribution is -2.39. The van der Waals surface area contributed by atoms with Gasteiger partial charge in [-0.15, -0.1) is 0 Å². The van der Waals surface area contributed by atoms with Crippen molar-refractivity contribution in [2.75, 3.05) is 18.5 Å². The van der Waals surface area contributed by atoms with Crippen LogP contribution in [0, 0.1) is 0 Å². The van der Waals surface area contributed by atoms with E-state index < -0.39 is 22.7 Å². The highest BCUT2D eigenvalue weighted by Gasteiger charge is 2.36. The van der Waals surface area contributed by atoms with Crippen LogP contribution in [0.25, 0.3) is 0 Å². The van der Waals surface area contributed by atoms with E-state index in [0.717, 1.165) is 0 Å². The standard InChI is InChI=1S/C11H16F3N3O2S/c1-2-7-17(8-11(12,13)14)20(18,19)10-5-3-9(16-15)4-6-10/h3-6,16H,2,7-8,15H2,1H3. The van der Waals surface area contributed by atoms with Gasteiger partial charge >= 0.3 is 6.18 Å². The molecule has 0 saturated heterocycles. The van der Waals surface area contributed by atoms with Crippen LogP contribution in [-0.4, -0.2) is 32.0 Å². The van der Waals surface area contributed by atoms with Gasteiger partial charge < -0.3 is 5.43 Å². The van der Waals surface area contributed by atoms with Gasteiger partial charge in [-0.1, -0.05) is 6.92 Å². The van der Waals surface area contributed by atoms with Gasteiger partial charge in [0.05, 0.1) is 4.90 Å². The van der Waals surface area contributed by atoms with Crippen molar-refractivity contribution in [3.8, 4) is 0 Å². The highest BCUT2D eigenvalue weighted by atomic mass is 32.2. The number of benzene rings is 1. The van der Waals surface area contributed by atoms with E-state index in [1.807, 2.05) is 0 Å². The largest absolute Gasteiger partial charge is 0.402 e. The summed E-state index contributed by atoms with van der Waals surface area (Å²) in [5.74, 6) is 5.14. The molecule has 0 aliphatic heterocycles. The lowest BCUT2D eigenvalue weighted by Gasteiger charge is -2.23. The van der Waals surface area contributed by atoms with E-state index in [2.05, 4.69) is 5.43 Å². The molecule has 0 spiro atoms. The molecule has 0 heterocycles. The quantitative estimate of drug-likeness (QED) is 0.622. The molecule has 9 heteroatoms. The maximum absolute atomic E-state index is 12.5. The number of hydrogen-bond donors (Lipinski definition) is 2. The second kappa shape index (κ2) is 6.42. The van der Waals surface area contributed by atoms with Crippen LogP contribution in [0.4, 0.5) is 18.9 Å². The third-order valence-electron chi connectivity index (χ3n) is 2.49. The van der Waals surface area contributed by atoms with Crippen molar-refractivity contribution in [3.05, 3.63) is 24.3 Å². The van der Waals surface area contributed by atoms with E-state index in [-0.39, 0.29) is 17.9 Å². The van der Waals surface area contributed by atoms with Crippen molar-refractivity contribution < 1.29 is 21.6 Å². The minimum Gasteiger partial charge on any atom is -0.324 e. The fourth-order valence-corrected chi connectivity index (χ4v) is 3.12. The van der Waals surface area contributed by atoms with Crippen molar-refractivity contribution in [3.63, 3.8) is 0 Å². The van der Waals surface area contributed by atoms with Crippen LogP contribution >= 0.6 is 0 Å². The molecule has 0 aromatic heterocycles. The lowest BCUT2D eigenvalue weighted by atomic mass is 10.3. The van der Waals surface area contributed by atoms with E-state index in [4.69, 9.17) is 5.84 Å². The molecule has 1 aromatic rings. The topological polar surface area (TPSA) is 75.4 Å². The minimum absolute atomic E-state index is 0.196. The van der Waals surface area contributed by atoms with Crippen molar-refractivity contribution >= 4 is 15.7 Å². The normalized spacial score (nSPS) is 12.7. The lowest BCUT2D eigenvalue weighted by molar-refractivity contribution is -0.136. The average Bonchev–Trinajstić information content (AvgIpc) is 2.37. The number of nitrogen functional groups attached to an aromatic ring is 1. The Hall–Kier alpha value is -1.32. The highest BCUT2D eigenvalue weighted by Crippen LogP contribution is 2.23. The smallest absolute Gasteiger partial charge is 0.324 e. The molecule has 0 radical (unpaired) electrons. The maximum Gasteiger partial charge on any atom is 0.402 e. The Morgan fingerprint density at radius 2 is 1.80 bits per heavy atom. The summed E-state index contributed by atoms with van der Waals surface area (Å²) in [5, 5.41) is 0. The second-order valence-corrected chi connectivity index (χ2v) is 6.06. The summed E-state index contributed by atoms with van der Waals surface area (Å²) in [6.07, 6.45) is -4.29. The Morgan fingerprint density at radius 1 is 1.25 bits per heavy atom. The number of nitrogens with zero attached hydrogens (tertiary/aromatic N) is 1. The molecule has 3 N–H and O–H groups in total. The van der Waals surface area contributed by atoms with Crippen LogP contribution in [0.15, 0.2) is 29.2 Å². The first-order valence-electron chi connectivity index (χ1n) is 5.84. The zero-order valence-electron chi connectivity index (χ0n) is 10.8. The summed E-state index contributed by atoms with van der Waals surface area (Å²) in [6, 6.07) is 5.18. The molecule has 114 valence electrons. The molecule has 5 nitrogen and oxygen atoms in total. The number of anilines is 1. The number of hydrogen-bond acceptors (Lipinski definition) is 4. The Labute approximate surface area is 115 Å². The van der Waals surface area contributed by atoms with Crippen molar-refractivity contribution in [1.82, 2.24) is 4.31 Å². The molecular formula is C11H16F3N3O2S. The van der Waals surface area contributed by atoms with Gasteiger partial charge in [-0.05, 0) is 30.7 Å². The van der Waals surface area contributed by atoms with Crippen LogP contribution in [0.2, 0.25) is 0 Å². The first-order chi connectivity index (χ1) is 9.20. The number of nitrogens with one attached hydrogen (secondary N) is 1. The van der Waals surface area contributed by atoms with Gasteiger partial charge in [0.1, 0.15) is 6.54 Å². The van der Waals surface area contributed by atoms with Crippen molar-refractivity contribution in [1.29, 1.82) is 0 Å². The third-order valence-corrected chi connectivity index (χ3v) is 4.35. The molecule has 0 aliphatic rings. The third kappa shape index (κ3) is 4.36. The summed E-state index contributed by atoms with van der Waals surface area (Å²) < 4.78 is 62.2. The first kappa shape index (κ1) is 16.7. The fraction of sp³-hybridized carbons (Fsp3) is 0.455. The van der Waals surface area contributed by atoms with Gasteiger partial charge in [-0.3, -0.25) is 5.84 Å². The molecule has 20 heavy (non-hydrogen) atoms. The van der Waals surface area contributed by atoms with Gasteiger partial charge in [0, 0.05) is 12.2 Å². The van der Waals surface area contributed by atoms with E-state index >= 15 is 0 Å². The summed E-state index contributed by atoms with van der Waals surface area (Å²) >= 11 is 0. The molecule has 0 atom stereocenters. The minimum atomic E-state index is -4.58. The molecule has 0 amide bonds. The van der Waals surface area contributed by atoms with Gasteiger partial charge in [0.2, 0.25) is 10.0 Å². The molecule has 0 saturated carbocycles. The van der Waals surface area contributed by atoms with Crippen LogP contribution in [0.5, 0.6) is 0 Å². The van der Waals surface area contributed by atoms with E-state index in [0.29, 0.717) is 9.99 Å². The summed E-state index contributed by atoms with van der Waals surface area (Å²) in [5.41, 5.74) is 2.77. The van der Waals surface area contributed by atoms with E-state index in [9.17, 15) is 21.6 Å². The summed E-state index contributed by atoms with van der Waals surface area (Å²) in [7, 11) is -4.18. The zero-order valence-corrected chi connectivity index (χ0v) is 11.6. The van der Waals surface area contributed by atoms with Crippen LogP contribution < -0.4 is 11.3 Å². The average molecular weight is 311 g/mol. The predicted molar refractivity (Wildman–Crippen MR) is 69.4 cm³/mol. The summed E-state index contributed by atoms with van der Waals surface area (Å²) in [6.45, 7) is -0.0842. The van der Waals surface area contributed by atoms with Gasteiger partial charge in [0.15, 0.2) is 0 Å². The van der Waals surface area contributed by atoms with Gasteiger partial charge in [0.25, 0.3) is 0 Å². The molecule has 0 aliphatic carbocycles. The van der Waals surface area contributed by atoms with E-state index in [1.165, 1.54) is 24.3 Å². The number of sulfonamides is 1. The Balaban J connectivity index is 3.08. The Bertz CT molecular complexity index is 529. The van der Waals surface area contributed by atoms with Crippen LogP contribution in [0.1, 0.15) is 13.3 Å². The highest BCUT2D eigenvalue weighted by molar-refractivity contribution is 7.89. The van der Waals surface area contributed by atoms with Gasteiger partial charge in [-0.25, -0.2) is 8.42 Å². The second-order valence-electron chi connectivity index (χ2n) is 4.12. The first-order valence-corrected chi connectivity index (χ1v) is 7.28. The van der Waals surface area contributed by atoms with Crippen LogP contribution in [-0.2, 0) is 10.0 Å². The number of alkyl halides is 3. The van der Waals surface area contributed by atoms with Crippen LogP contribution in [0.3, 0.4) is 0 Å². The van der Waals surface area contributed by atoms with Crippen molar-refractivity contribution in [2.24, 2.45) is 5.84 Å². The Morgan fingerprint density at radius 3 is 2.20 bits per heavy atom.